The molecule has 8 nitrogen and oxygen atoms in total. The number of hydrogen-bond acceptors (Lipinski definition) is 6. The predicted molar refractivity (Wildman–Crippen MR) is 129 cm³/mol. The Morgan fingerprint density at radius 3 is 2.85 bits per heavy atom. The predicted octanol–water partition coefficient (Wildman–Crippen LogP) is 3.85. The smallest absolute Gasteiger partial charge is 0.251 e. The molecule has 0 aliphatic carbocycles. The first kappa shape index (κ1) is 22.7. The number of carbonyl (C=O) groups is 1. The van der Waals surface area contributed by atoms with E-state index in [1.807, 2.05) is 54.0 Å². The van der Waals surface area contributed by atoms with Gasteiger partial charge in [0.25, 0.3) is 5.91 Å². The molecule has 34 heavy (non-hydrogen) atoms. The number of nitrogens with one attached hydrogen (secondary N) is 1. The molecule has 0 saturated carbocycles. The Bertz CT molecular complexity index is 1220. The van der Waals surface area contributed by atoms with Crippen LogP contribution < -0.4 is 5.32 Å². The van der Waals surface area contributed by atoms with E-state index in [1.165, 1.54) is 0 Å². The maximum absolute atomic E-state index is 12.9. The Kier molecular flexibility index (Phi) is 6.71. The van der Waals surface area contributed by atoms with Crippen LogP contribution in [0, 0.1) is 6.92 Å². The molecule has 1 aromatic heterocycles. The van der Waals surface area contributed by atoms with E-state index in [1.54, 1.807) is 0 Å². The summed E-state index contributed by atoms with van der Waals surface area (Å²) in [5.74, 6) is 1.35. The van der Waals surface area contributed by atoms with Gasteiger partial charge in [-0.1, -0.05) is 23.7 Å². The number of ether oxygens (including phenoxy) is 2. The second kappa shape index (κ2) is 10.0. The van der Waals surface area contributed by atoms with E-state index in [2.05, 4.69) is 15.5 Å². The highest BCUT2D eigenvalue weighted by atomic mass is 35.5. The summed E-state index contributed by atoms with van der Waals surface area (Å²) in [6, 6.07) is 13.1. The number of halogens is 1. The molecule has 2 aromatic carbocycles. The fourth-order valence-electron chi connectivity index (χ4n) is 4.27. The average molecular weight is 480 g/mol. The highest BCUT2D eigenvalue weighted by molar-refractivity contribution is 6.30. The summed E-state index contributed by atoms with van der Waals surface area (Å²) < 4.78 is 13.3. The van der Waals surface area contributed by atoms with Crippen molar-refractivity contribution in [1.82, 2.24) is 20.1 Å². The zero-order valence-corrected chi connectivity index (χ0v) is 19.7. The molecular formula is C25H26ClN5O3. The van der Waals surface area contributed by atoms with Gasteiger partial charge in [-0.2, -0.15) is 0 Å². The van der Waals surface area contributed by atoms with Gasteiger partial charge >= 0.3 is 0 Å². The fourth-order valence-corrected chi connectivity index (χ4v) is 4.40. The van der Waals surface area contributed by atoms with Crippen molar-refractivity contribution in [2.75, 3.05) is 19.8 Å². The van der Waals surface area contributed by atoms with Gasteiger partial charge in [-0.05, 0) is 56.5 Å². The summed E-state index contributed by atoms with van der Waals surface area (Å²) in [4.78, 5) is 17.8. The van der Waals surface area contributed by atoms with E-state index in [9.17, 15) is 4.79 Å². The van der Waals surface area contributed by atoms with Gasteiger partial charge in [0.15, 0.2) is 12.1 Å². The quantitative estimate of drug-likeness (QED) is 0.542. The Morgan fingerprint density at radius 1 is 1.21 bits per heavy atom. The van der Waals surface area contributed by atoms with Crippen molar-refractivity contribution >= 4 is 23.2 Å². The third-order valence-electron chi connectivity index (χ3n) is 5.97. The maximum atomic E-state index is 12.9. The Morgan fingerprint density at radius 2 is 2.06 bits per heavy atom. The van der Waals surface area contributed by atoms with Crippen molar-refractivity contribution in [1.29, 1.82) is 0 Å². The second-order valence-electron chi connectivity index (χ2n) is 8.33. The summed E-state index contributed by atoms with van der Waals surface area (Å²) in [7, 11) is 0. The van der Waals surface area contributed by atoms with Gasteiger partial charge in [0.2, 0.25) is 0 Å². The third-order valence-corrected chi connectivity index (χ3v) is 6.22. The lowest BCUT2D eigenvalue weighted by Crippen LogP contribution is -2.30. The molecule has 5 rings (SSSR count). The van der Waals surface area contributed by atoms with Crippen LogP contribution in [0.25, 0.3) is 5.69 Å². The first-order valence-corrected chi connectivity index (χ1v) is 11.9. The van der Waals surface area contributed by atoms with Crippen LogP contribution in [0.5, 0.6) is 0 Å². The number of aryl methyl sites for hydroxylation is 1. The first-order chi connectivity index (χ1) is 16.6. The topological polar surface area (TPSA) is 90.6 Å². The van der Waals surface area contributed by atoms with Crippen molar-refractivity contribution in [3.63, 3.8) is 0 Å². The van der Waals surface area contributed by atoms with E-state index in [0.717, 1.165) is 60.0 Å². The first-order valence-electron chi connectivity index (χ1n) is 11.5. The zero-order chi connectivity index (χ0) is 23.5. The second-order valence-corrected chi connectivity index (χ2v) is 8.76. The Labute approximate surface area is 203 Å². The number of aliphatic imine (C=N–C) groups is 1. The molecule has 0 bridgehead atoms. The van der Waals surface area contributed by atoms with Crippen LogP contribution in [0.1, 0.15) is 52.4 Å². The number of nitrogens with zero attached hydrogens (tertiary/aromatic N) is 4. The highest BCUT2D eigenvalue weighted by Gasteiger charge is 2.23. The van der Waals surface area contributed by atoms with Gasteiger partial charge in [0.1, 0.15) is 12.4 Å². The number of amides is 1. The molecule has 1 N–H and O–H groups in total. The molecule has 176 valence electrons. The van der Waals surface area contributed by atoms with E-state index in [4.69, 9.17) is 26.1 Å². The minimum Gasteiger partial charge on any atom is -0.353 e. The Balaban J connectivity index is 1.39. The summed E-state index contributed by atoms with van der Waals surface area (Å²) >= 11 is 6.10. The standard InChI is InChI=1S/C25H26ClN5O3/c1-16-29-30-22-15-28-24(17-5-8-19(26)9-6-17)20-14-18(7-10-21(20)31(16)22)25(32)27-11-13-34-23-4-2-3-12-33-23/h5-10,14,23H,2-4,11-13,15H2,1H3,(H,27,32). The van der Waals surface area contributed by atoms with Crippen molar-refractivity contribution < 1.29 is 14.3 Å². The molecule has 1 unspecified atom stereocenters. The molecule has 0 spiro atoms. The van der Waals surface area contributed by atoms with Gasteiger partial charge in [-0.15, -0.1) is 10.2 Å². The summed E-state index contributed by atoms with van der Waals surface area (Å²) in [5.41, 5.74) is 3.97. The van der Waals surface area contributed by atoms with E-state index < -0.39 is 0 Å². The van der Waals surface area contributed by atoms with Gasteiger partial charge in [0, 0.05) is 34.9 Å². The SMILES string of the molecule is Cc1nnc2n1-c1ccc(C(=O)NCCOC3CCCCO3)cc1C(c1ccc(Cl)cc1)=NC2. The molecule has 1 saturated heterocycles. The minimum atomic E-state index is -0.170. The summed E-state index contributed by atoms with van der Waals surface area (Å²) in [6.07, 6.45) is 2.91. The van der Waals surface area contributed by atoms with Crippen LogP contribution in [0.4, 0.5) is 0 Å². The van der Waals surface area contributed by atoms with Crippen LogP contribution in [-0.2, 0) is 16.0 Å². The van der Waals surface area contributed by atoms with Gasteiger partial charge < -0.3 is 14.8 Å². The molecular weight excluding hydrogens is 454 g/mol. The van der Waals surface area contributed by atoms with Gasteiger partial charge in [-0.25, -0.2) is 0 Å². The zero-order valence-electron chi connectivity index (χ0n) is 19.0. The molecule has 1 atom stereocenters. The number of fused-ring (bicyclic) bond motifs is 3. The lowest BCUT2D eigenvalue weighted by atomic mass is 9.98. The number of benzene rings is 2. The van der Waals surface area contributed by atoms with Gasteiger partial charge in [-0.3, -0.25) is 14.4 Å². The third kappa shape index (κ3) is 4.75. The van der Waals surface area contributed by atoms with Crippen LogP contribution in [0.2, 0.25) is 5.02 Å². The molecule has 3 heterocycles. The molecule has 1 amide bonds. The molecule has 1 fully saturated rings. The van der Waals surface area contributed by atoms with Crippen LogP contribution in [0.15, 0.2) is 47.5 Å². The minimum absolute atomic E-state index is 0.169. The maximum Gasteiger partial charge on any atom is 0.251 e. The molecule has 3 aromatic rings. The summed E-state index contributed by atoms with van der Waals surface area (Å²) in [6.45, 7) is 3.84. The van der Waals surface area contributed by atoms with E-state index in [0.29, 0.717) is 30.3 Å². The lowest BCUT2D eigenvalue weighted by molar-refractivity contribution is -0.161. The average Bonchev–Trinajstić information content (AvgIpc) is 3.14. The molecule has 9 heteroatoms. The lowest BCUT2D eigenvalue weighted by Gasteiger charge is -2.22. The number of carbonyl (C=O) groups excluding carboxylic acids is 1. The van der Waals surface area contributed by atoms with Crippen LogP contribution >= 0.6 is 11.6 Å². The van der Waals surface area contributed by atoms with Crippen molar-refractivity contribution in [2.45, 2.75) is 39.0 Å². The van der Waals surface area contributed by atoms with Crippen molar-refractivity contribution in [3.05, 3.63) is 75.8 Å². The summed E-state index contributed by atoms with van der Waals surface area (Å²) in [5, 5.41) is 12.1. The van der Waals surface area contributed by atoms with E-state index in [-0.39, 0.29) is 12.2 Å². The Hall–Kier alpha value is -3.07. The van der Waals surface area contributed by atoms with Gasteiger partial charge in [0.05, 0.1) is 18.0 Å². The number of hydrogen-bond donors (Lipinski definition) is 1. The van der Waals surface area contributed by atoms with E-state index >= 15 is 0 Å². The normalized spacial score (nSPS) is 17.4. The van der Waals surface area contributed by atoms with Crippen molar-refractivity contribution in [3.8, 4) is 5.69 Å². The molecule has 0 radical (unpaired) electrons. The fraction of sp³-hybridized carbons (Fsp3) is 0.360. The number of rotatable bonds is 6. The van der Waals surface area contributed by atoms with Crippen LogP contribution in [-0.4, -0.2) is 52.4 Å². The number of aromatic nitrogens is 3. The molecule has 2 aliphatic heterocycles. The van der Waals surface area contributed by atoms with Crippen molar-refractivity contribution in [2.24, 2.45) is 4.99 Å². The largest absolute Gasteiger partial charge is 0.353 e. The highest BCUT2D eigenvalue weighted by Crippen LogP contribution is 2.27. The monoisotopic (exact) mass is 479 g/mol. The van der Waals surface area contributed by atoms with Crippen LogP contribution in [0.3, 0.4) is 0 Å². The molecule has 2 aliphatic rings.